The topological polar surface area (TPSA) is 39.7 Å². The number of benzene rings is 1. The summed E-state index contributed by atoms with van der Waals surface area (Å²) in [6.07, 6.45) is 0. The highest BCUT2D eigenvalue weighted by atomic mass is 19.1. The third-order valence-corrected chi connectivity index (χ3v) is 3.29. The van der Waals surface area contributed by atoms with Gasteiger partial charge in [0.15, 0.2) is 5.96 Å². The Morgan fingerprint density at radius 1 is 1.23 bits per heavy atom. The van der Waals surface area contributed by atoms with E-state index in [2.05, 4.69) is 36.4 Å². The lowest BCUT2D eigenvalue weighted by Gasteiger charge is -2.24. The molecule has 0 unspecified atom stereocenters. The van der Waals surface area contributed by atoms with E-state index in [-0.39, 0.29) is 11.4 Å². The predicted octanol–water partition coefficient (Wildman–Crippen LogP) is 3.14. The van der Waals surface area contributed by atoms with Gasteiger partial charge in [0.2, 0.25) is 0 Å². The summed E-state index contributed by atoms with van der Waals surface area (Å²) in [5, 5.41) is 6.48. The van der Waals surface area contributed by atoms with Gasteiger partial charge in [-0.3, -0.25) is 4.99 Å². The van der Waals surface area contributed by atoms with Gasteiger partial charge in [0.1, 0.15) is 5.82 Å². The minimum atomic E-state index is -0.179. The molecule has 0 saturated heterocycles. The number of guanidine groups is 1. The first-order valence-corrected chi connectivity index (χ1v) is 7.83. The van der Waals surface area contributed by atoms with Crippen molar-refractivity contribution >= 4 is 11.6 Å². The molecule has 0 radical (unpaired) electrons. The molecule has 1 aromatic carbocycles. The zero-order valence-corrected chi connectivity index (χ0v) is 14.6. The van der Waals surface area contributed by atoms with Crippen LogP contribution >= 0.6 is 0 Å². The summed E-state index contributed by atoms with van der Waals surface area (Å²) in [5.41, 5.74) is 1.48. The lowest BCUT2D eigenvalue weighted by Crippen LogP contribution is -2.47. The maximum Gasteiger partial charge on any atom is 0.191 e. The lowest BCUT2D eigenvalue weighted by molar-refractivity contribution is 0.501. The lowest BCUT2D eigenvalue weighted by atomic mass is 10.1. The van der Waals surface area contributed by atoms with Crippen molar-refractivity contribution in [2.45, 2.75) is 46.7 Å². The number of rotatable bonds is 5. The number of aliphatic imine (C=N–C) groups is 1. The van der Waals surface area contributed by atoms with Crippen LogP contribution in [0.3, 0.4) is 0 Å². The van der Waals surface area contributed by atoms with Crippen LogP contribution in [0, 0.1) is 5.82 Å². The Balaban J connectivity index is 2.73. The fourth-order valence-corrected chi connectivity index (χ4v) is 2.20. The van der Waals surface area contributed by atoms with Gasteiger partial charge in [0.05, 0.1) is 5.69 Å². The molecule has 1 aromatic rings. The molecule has 0 spiro atoms. The Hall–Kier alpha value is -1.78. The maximum atomic E-state index is 14.2. The second kappa shape index (κ2) is 8.01. The molecule has 1 rings (SSSR count). The minimum Gasteiger partial charge on any atom is -0.370 e. The van der Waals surface area contributed by atoms with Crippen LogP contribution in [-0.4, -0.2) is 31.6 Å². The van der Waals surface area contributed by atoms with Crippen molar-refractivity contribution in [2.24, 2.45) is 4.99 Å². The van der Waals surface area contributed by atoms with Crippen LogP contribution in [0.5, 0.6) is 0 Å². The highest BCUT2D eigenvalue weighted by Gasteiger charge is 2.12. The van der Waals surface area contributed by atoms with Gasteiger partial charge >= 0.3 is 0 Å². The standard InChI is InChI=1S/C17H29FN4/c1-7-22(8-2)15-10-9-13(11-14(15)18)12-20-16(19-6)21-17(3,4)5/h9-11H,7-8,12H2,1-6H3,(H2,19,20,21). The molecule has 0 aliphatic heterocycles. The van der Waals surface area contributed by atoms with Crippen LogP contribution in [0.2, 0.25) is 0 Å². The van der Waals surface area contributed by atoms with Crippen LogP contribution in [0.4, 0.5) is 10.1 Å². The van der Waals surface area contributed by atoms with Gasteiger partial charge in [-0.05, 0) is 52.3 Å². The summed E-state index contributed by atoms with van der Waals surface area (Å²) < 4.78 is 14.2. The summed E-state index contributed by atoms with van der Waals surface area (Å²) in [6.45, 7) is 12.4. The number of hydrogen-bond donors (Lipinski definition) is 2. The molecule has 4 nitrogen and oxygen atoms in total. The van der Waals surface area contributed by atoms with Gasteiger partial charge in [-0.25, -0.2) is 4.39 Å². The van der Waals surface area contributed by atoms with Crippen LogP contribution in [-0.2, 0) is 6.54 Å². The molecule has 0 fully saturated rings. The van der Waals surface area contributed by atoms with E-state index in [0.717, 1.165) is 18.7 Å². The highest BCUT2D eigenvalue weighted by molar-refractivity contribution is 5.80. The number of hydrogen-bond acceptors (Lipinski definition) is 2. The van der Waals surface area contributed by atoms with Crippen LogP contribution in [0.1, 0.15) is 40.2 Å². The number of nitrogens with zero attached hydrogens (tertiary/aromatic N) is 2. The molecule has 0 amide bonds. The quantitative estimate of drug-likeness (QED) is 0.648. The van der Waals surface area contributed by atoms with E-state index in [9.17, 15) is 4.39 Å². The van der Waals surface area contributed by atoms with Crippen molar-refractivity contribution in [2.75, 3.05) is 25.0 Å². The SMILES string of the molecule is CCN(CC)c1ccc(CNC(=NC)NC(C)(C)C)cc1F. The summed E-state index contributed by atoms with van der Waals surface area (Å²) in [4.78, 5) is 6.18. The monoisotopic (exact) mass is 308 g/mol. The first-order valence-electron chi connectivity index (χ1n) is 7.83. The molecule has 124 valence electrons. The number of anilines is 1. The smallest absolute Gasteiger partial charge is 0.191 e. The van der Waals surface area contributed by atoms with Gasteiger partial charge < -0.3 is 15.5 Å². The van der Waals surface area contributed by atoms with E-state index < -0.39 is 0 Å². The molecule has 5 heteroatoms. The van der Waals surface area contributed by atoms with Crippen molar-refractivity contribution < 1.29 is 4.39 Å². The first-order chi connectivity index (χ1) is 10.3. The van der Waals surface area contributed by atoms with Gasteiger partial charge in [-0.15, -0.1) is 0 Å². The van der Waals surface area contributed by atoms with E-state index in [1.165, 1.54) is 0 Å². The molecule has 0 saturated carbocycles. The van der Waals surface area contributed by atoms with Crippen LogP contribution in [0.15, 0.2) is 23.2 Å². The largest absolute Gasteiger partial charge is 0.370 e. The molecule has 0 aliphatic carbocycles. The van der Waals surface area contributed by atoms with E-state index in [0.29, 0.717) is 18.2 Å². The minimum absolute atomic E-state index is 0.0697. The molecule has 0 aliphatic rings. The van der Waals surface area contributed by atoms with Gasteiger partial charge in [0.25, 0.3) is 0 Å². The highest BCUT2D eigenvalue weighted by Crippen LogP contribution is 2.20. The molecular formula is C17H29FN4. The molecule has 22 heavy (non-hydrogen) atoms. The van der Waals surface area contributed by atoms with Crippen molar-refractivity contribution in [3.05, 3.63) is 29.6 Å². The number of halogens is 1. The normalized spacial score (nSPS) is 12.2. The van der Waals surface area contributed by atoms with E-state index in [4.69, 9.17) is 0 Å². The second-order valence-corrected chi connectivity index (χ2v) is 6.26. The average Bonchev–Trinajstić information content (AvgIpc) is 2.45. The Bertz CT molecular complexity index is 502. The summed E-state index contributed by atoms with van der Waals surface area (Å²) in [6, 6.07) is 5.39. The van der Waals surface area contributed by atoms with Crippen molar-refractivity contribution in [1.29, 1.82) is 0 Å². The van der Waals surface area contributed by atoms with Gasteiger partial charge in [-0.2, -0.15) is 0 Å². The fraction of sp³-hybridized carbons (Fsp3) is 0.588. The second-order valence-electron chi connectivity index (χ2n) is 6.26. The summed E-state index contributed by atoms with van der Waals surface area (Å²) in [5.74, 6) is 0.530. The van der Waals surface area contributed by atoms with E-state index in [1.807, 2.05) is 30.9 Å². The molecule has 0 heterocycles. The van der Waals surface area contributed by atoms with Crippen LogP contribution in [0.25, 0.3) is 0 Å². The Kier molecular flexibility index (Phi) is 6.65. The third kappa shape index (κ3) is 5.54. The Labute approximate surface area is 133 Å². The third-order valence-electron chi connectivity index (χ3n) is 3.29. The molecular weight excluding hydrogens is 279 g/mol. The van der Waals surface area contributed by atoms with E-state index in [1.54, 1.807) is 13.1 Å². The van der Waals surface area contributed by atoms with Crippen LogP contribution < -0.4 is 15.5 Å². The predicted molar refractivity (Wildman–Crippen MR) is 93.0 cm³/mol. The van der Waals surface area contributed by atoms with Gasteiger partial charge in [0, 0.05) is 32.2 Å². The summed E-state index contributed by atoms with van der Waals surface area (Å²) in [7, 11) is 1.73. The molecule has 0 atom stereocenters. The zero-order valence-electron chi connectivity index (χ0n) is 14.6. The molecule has 2 N–H and O–H groups in total. The van der Waals surface area contributed by atoms with Crippen molar-refractivity contribution in [3.63, 3.8) is 0 Å². The molecule has 0 aromatic heterocycles. The van der Waals surface area contributed by atoms with E-state index >= 15 is 0 Å². The Morgan fingerprint density at radius 2 is 1.86 bits per heavy atom. The Morgan fingerprint density at radius 3 is 2.32 bits per heavy atom. The fourth-order valence-electron chi connectivity index (χ4n) is 2.20. The zero-order chi connectivity index (χ0) is 16.8. The maximum absolute atomic E-state index is 14.2. The van der Waals surface area contributed by atoms with Crippen molar-refractivity contribution in [1.82, 2.24) is 10.6 Å². The summed E-state index contributed by atoms with van der Waals surface area (Å²) >= 11 is 0. The average molecular weight is 308 g/mol. The van der Waals surface area contributed by atoms with Crippen molar-refractivity contribution in [3.8, 4) is 0 Å². The van der Waals surface area contributed by atoms with Gasteiger partial charge in [-0.1, -0.05) is 6.07 Å². The first kappa shape index (κ1) is 18.3. The number of nitrogens with one attached hydrogen (secondary N) is 2. The molecule has 0 bridgehead atoms.